The summed E-state index contributed by atoms with van der Waals surface area (Å²) < 4.78 is 46.0. The Morgan fingerprint density at radius 1 is 0.969 bits per heavy atom. The number of carbonyl (C=O) groups excluding carboxylic acids is 1. The van der Waals surface area contributed by atoms with Crippen LogP contribution < -0.4 is 5.43 Å². The van der Waals surface area contributed by atoms with Crippen LogP contribution in [0.5, 0.6) is 0 Å². The molecule has 3 aromatic carbocycles. The monoisotopic (exact) mass is 456 g/mol. The van der Waals surface area contributed by atoms with E-state index in [1.807, 2.05) is 36.4 Å². The van der Waals surface area contributed by atoms with Crippen molar-refractivity contribution in [3.8, 4) is 0 Å². The van der Waals surface area contributed by atoms with Crippen LogP contribution in [0.25, 0.3) is 20.2 Å². The summed E-state index contributed by atoms with van der Waals surface area (Å²) in [7, 11) is 1.31. The molecule has 0 aliphatic rings. The van der Waals surface area contributed by atoms with E-state index in [0.29, 0.717) is 5.71 Å². The normalized spacial score (nSPS) is 12.3. The van der Waals surface area contributed by atoms with Crippen LogP contribution in [-0.4, -0.2) is 18.8 Å². The highest BCUT2D eigenvalue weighted by Crippen LogP contribution is 2.34. The maximum Gasteiger partial charge on any atom is 0.416 e. The van der Waals surface area contributed by atoms with Gasteiger partial charge in [-0.25, -0.2) is 0 Å². The lowest BCUT2D eigenvalue weighted by Gasteiger charge is -2.10. The van der Waals surface area contributed by atoms with Crippen LogP contribution in [0.3, 0.4) is 0 Å². The van der Waals surface area contributed by atoms with Crippen molar-refractivity contribution in [3.63, 3.8) is 0 Å². The smallest absolute Gasteiger partial charge is 0.416 e. The Kier molecular flexibility index (Phi) is 6.14. The Bertz CT molecular complexity index is 1310. The van der Waals surface area contributed by atoms with Crippen molar-refractivity contribution >= 4 is 48.9 Å². The van der Waals surface area contributed by atoms with Crippen LogP contribution in [0, 0.1) is 0 Å². The molecule has 0 unspecified atom stereocenters. The van der Waals surface area contributed by atoms with E-state index in [1.165, 1.54) is 19.2 Å². The van der Waals surface area contributed by atoms with Gasteiger partial charge in [0.05, 0.1) is 30.5 Å². The molecular formula is C24H19F3N2O2S. The number of hydrazone groups is 1. The highest BCUT2D eigenvalue weighted by atomic mass is 32.1. The molecule has 0 saturated heterocycles. The van der Waals surface area contributed by atoms with Crippen LogP contribution in [-0.2, 0) is 15.7 Å². The maximum atomic E-state index is 13.0. The molecule has 4 nitrogen and oxygen atoms in total. The van der Waals surface area contributed by atoms with Gasteiger partial charge in [0.25, 0.3) is 0 Å². The minimum Gasteiger partial charge on any atom is -0.469 e. The highest BCUT2D eigenvalue weighted by molar-refractivity contribution is 7.25. The highest BCUT2D eigenvalue weighted by Gasteiger charge is 2.30. The number of methoxy groups -OCH3 is 1. The SMILES string of the molecule is COC(=O)CC/C(=N\Nc1cccc(C(F)(F)F)c1)c1ccc2sc3ccccc3c2c1. The Morgan fingerprint density at radius 3 is 2.53 bits per heavy atom. The van der Waals surface area contributed by atoms with Crippen molar-refractivity contribution in [2.45, 2.75) is 19.0 Å². The van der Waals surface area contributed by atoms with Crippen LogP contribution in [0.1, 0.15) is 24.0 Å². The Balaban J connectivity index is 1.70. The number of carbonyl (C=O) groups is 1. The first kappa shape index (κ1) is 21.8. The zero-order chi connectivity index (χ0) is 22.7. The van der Waals surface area contributed by atoms with Gasteiger partial charge in [0.2, 0.25) is 0 Å². The van der Waals surface area contributed by atoms with Crippen molar-refractivity contribution in [1.29, 1.82) is 0 Å². The summed E-state index contributed by atoms with van der Waals surface area (Å²) >= 11 is 1.68. The predicted octanol–water partition coefficient (Wildman–Crippen LogP) is 6.84. The molecule has 1 N–H and O–H groups in total. The first-order chi connectivity index (χ1) is 15.3. The van der Waals surface area contributed by atoms with Gasteiger partial charge >= 0.3 is 12.1 Å². The van der Waals surface area contributed by atoms with Crippen LogP contribution in [0.4, 0.5) is 18.9 Å². The topological polar surface area (TPSA) is 50.7 Å². The van der Waals surface area contributed by atoms with Crippen molar-refractivity contribution in [2.75, 3.05) is 12.5 Å². The quantitative estimate of drug-likeness (QED) is 0.196. The second kappa shape index (κ2) is 9.00. The number of fused-ring (bicyclic) bond motifs is 3. The summed E-state index contributed by atoms with van der Waals surface area (Å²) in [6.45, 7) is 0. The number of nitrogens with zero attached hydrogens (tertiary/aromatic N) is 1. The molecule has 0 fully saturated rings. The number of hydrogen-bond acceptors (Lipinski definition) is 5. The lowest BCUT2D eigenvalue weighted by Crippen LogP contribution is -2.10. The van der Waals surface area contributed by atoms with Crippen LogP contribution in [0.15, 0.2) is 71.8 Å². The fraction of sp³-hybridized carbons (Fsp3) is 0.167. The van der Waals surface area contributed by atoms with Gasteiger partial charge < -0.3 is 4.74 Å². The third-order valence-electron chi connectivity index (χ3n) is 5.01. The van der Waals surface area contributed by atoms with Gasteiger partial charge in [-0.05, 0) is 42.0 Å². The molecule has 0 aliphatic carbocycles. The summed E-state index contributed by atoms with van der Waals surface area (Å²) in [6.07, 6.45) is -4.08. The maximum absolute atomic E-state index is 13.0. The standard InChI is InChI=1S/C24H19F3N2O2S/c1-31-23(30)12-10-20(29-28-17-6-4-5-16(14-17)24(25,26)27)15-9-11-22-19(13-15)18-7-2-3-8-21(18)32-22/h2-9,11,13-14,28H,10,12H2,1H3/b29-20+. The van der Waals surface area contributed by atoms with E-state index in [-0.39, 0.29) is 24.5 Å². The molecule has 0 saturated carbocycles. The Morgan fingerprint density at radius 2 is 1.75 bits per heavy atom. The second-order valence-corrected chi connectivity index (χ2v) is 8.22. The van der Waals surface area contributed by atoms with E-state index < -0.39 is 11.7 Å². The number of ether oxygens (including phenoxy) is 1. The van der Waals surface area contributed by atoms with Gasteiger partial charge in [-0.1, -0.05) is 30.3 Å². The molecule has 0 bridgehead atoms. The number of nitrogens with one attached hydrogen (secondary N) is 1. The minimum absolute atomic E-state index is 0.0992. The van der Waals surface area contributed by atoms with Crippen molar-refractivity contribution in [1.82, 2.24) is 0 Å². The van der Waals surface area contributed by atoms with Gasteiger partial charge in [0.1, 0.15) is 0 Å². The molecule has 0 aliphatic heterocycles. The summed E-state index contributed by atoms with van der Waals surface area (Å²) in [5.41, 5.74) is 3.49. The fourth-order valence-corrected chi connectivity index (χ4v) is 4.48. The summed E-state index contributed by atoms with van der Waals surface area (Å²) in [4.78, 5) is 11.7. The van der Waals surface area contributed by atoms with Crippen molar-refractivity contribution < 1.29 is 22.7 Å². The summed E-state index contributed by atoms with van der Waals surface area (Å²) in [5.74, 6) is -0.390. The largest absolute Gasteiger partial charge is 0.469 e. The molecule has 32 heavy (non-hydrogen) atoms. The number of anilines is 1. The molecule has 0 radical (unpaired) electrons. The molecule has 0 amide bonds. The summed E-state index contributed by atoms with van der Waals surface area (Å²) in [6, 6.07) is 18.8. The minimum atomic E-state index is -4.44. The number of benzene rings is 3. The summed E-state index contributed by atoms with van der Waals surface area (Å²) in [5, 5.41) is 6.54. The number of halogens is 3. The fourth-order valence-electron chi connectivity index (χ4n) is 3.39. The van der Waals surface area contributed by atoms with Gasteiger partial charge in [-0.3, -0.25) is 10.2 Å². The molecule has 0 spiro atoms. The van der Waals surface area contributed by atoms with Gasteiger partial charge in [-0.15, -0.1) is 11.3 Å². The van der Waals surface area contributed by atoms with Gasteiger partial charge in [0.15, 0.2) is 0 Å². The molecule has 1 heterocycles. The average Bonchev–Trinajstić information content (AvgIpc) is 3.16. The van der Waals surface area contributed by atoms with E-state index >= 15 is 0 Å². The molecule has 0 atom stereocenters. The number of esters is 1. The second-order valence-electron chi connectivity index (χ2n) is 7.13. The Hall–Kier alpha value is -3.39. The number of rotatable bonds is 6. The predicted molar refractivity (Wildman–Crippen MR) is 122 cm³/mol. The molecular weight excluding hydrogens is 437 g/mol. The molecule has 1 aromatic heterocycles. The number of hydrogen-bond donors (Lipinski definition) is 1. The first-order valence-electron chi connectivity index (χ1n) is 9.83. The molecule has 4 aromatic rings. The third-order valence-corrected chi connectivity index (χ3v) is 6.17. The van der Waals surface area contributed by atoms with E-state index in [9.17, 15) is 18.0 Å². The van der Waals surface area contributed by atoms with Crippen LogP contribution in [0.2, 0.25) is 0 Å². The number of thiophene rings is 1. The van der Waals surface area contributed by atoms with Gasteiger partial charge in [0, 0.05) is 26.6 Å². The van der Waals surface area contributed by atoms with E-state index in [0.717, 1.165) is 37.9 Å². The number of alkyl halides is 3. The lowest BCUT2D eigenvalue weighted by molar-refractivity contribution is -0.140. The zero-order valence-electron chi connectivity index (χ0n) is 17.1. The van der Waals surface area contributed by atoms with Crippen molar-refractivity contribution in [3.05, 3.63) is 77.9 Å². The van der Waals surface area contributed by atoms with E-state index in [2.05, 4.69) is 16.6 Å². The molecule has 8 heteroatoms. The average molecular weight is 456 g/mol. The Labute approximate surface area is 186 Å². The van der Waals surface area contributed by atoms with E-state index in [4.69, 9.17) is 4.74 Å². The molecule has 164 valence electrons. The zero-order valence-corrected chi connectivity index (χ0v) is 17.9. The van der Waals surface area contributed by atoms with E-state index in [1.54, 1.807) is 11.3 Å². The van der Waals surface area contributed by atoms with Gasteiger partial charge in [-0.2, -0.15) is 18.3 Å². The first-order valence-corrected chi connectivity index (χ1v) is 10.6. The van der Waals surface area contributed by atoms with Crippen LogP contribution >= 0.6 is 11.3 Å². The lowest BCUT2D eigenvalue weighted by atomic mass is 10.0. The molecule has 4 rings (SSSR count). The third kappa shape index (κ3) is 4.75. The van der Waals surface area contributed by atoms with Crippen molar-refractivity contribution in [2.24, 2.45) is 5.10 Å².